The van der Waals surface area contributed by atoms with Crippen molar-refractivity contribution in [2.75, 3.05) is 11.9 Å². The van der Waals surface area contributed by atoms with Crippen molar-refractivity contribution in [3.8, 4) is 0 Å². The summed E-state index contributed by atoms with van der Waals surface area (Å²) >= 11 is 6.15. The highest BCUT2D eigenvalue weighted by Gasteiger charge is 2.38. The molecule has 0 bridgehead atoms. The molecular weight excluding hydrogens is 408 g/mol. The lowest BCUT2D eigenvalue weighted by atomic mass is 9.92. The minimum absolute atomic E-state index is 0.288. The number of piperidine rings is 1. The fourth-order valence-electron chi connectivity index (χ4n) is 4.24. The Balaban J connectivity index is 1.61. The van der Waals surface area contributed by atoms with Crippen LogP contribution in [0.3, 0.4) is 0 Å². The predicted molar refractivity (Wildman–Crippen MR) is 115 cm³/mol. The number of carbonyl (C=O) groups is 1. The number of nitrogens with zero attached hydrogens (tertiary/aromatic N) is 1. The van der Waals surface area contributed by atoms with Crippen molar-refractivity contribution in [3.63, 3.8) is 0 Å². The van der Waals surface area contributed by atoms with Crippen LogP contribution in [0.15, 0.2) is 47.4 Å². The molecule has 1 N–H and O–H groups in total. The summed E-state index contributed by atoms with van der Waals surface area (Å²) in [5.41, 5.74) is 2.85. The first-order chi connectivity index (χ1) is 14.0. The van der Waals surface area contributed by atoms with Crippen molar-refractivity contribution >= 4 is 33.2 Å². The van der Waals surface area contributed by atoms with Crippen LogP contribution in [0.1, 0.15) is 43.2 Å². The number of hydrogen-bond donors (Lipinski definition) is 1. The minimum Gasteiger partial charge on any atom is -0.323 e. The van der Waals surface area contributed by atoms with Crippen LogP contribution in [0.25, 0.3) is 0 Å². The first-order valence-electron chi connectivity index (χ1n) is 10.2. The van der Waals surface area contributed by atoms with E-state index in [1.165, 1.54) is 9.87 Å². The lowest BCUT2D eigenvalue weighted by Gasteiger charge is -2.34. The summed E-state index contributed by atoms with van der Waals surface area (Å²) < 4.78 is 28.2. The summed E-state index contributed by atoms with van der Waals surface area (Å²) in [6.07, 6.45) is 6.22. The second kappa shape index (κ2) is 8.46. The third-order valence-electron chi connectivity index (χ3n) is 5.81. The largest absolute Gasteiger partial charge is 0.323 e. The van der Waals surface area contributed by atoms with Gasteiger partial charge in [0.1, 0.15) is 6.04 Å². The highest BCUT2D eigenvalue weighted by atomic mass is 35.5. The van der Waals surface area contributed by atoms with E-state index in [-0.39, 0.29) is 10.8 Å². The van der Waals surface area contributed by atoms with E-state index >= 15 is 0 Å². The fourth-order valence-corrected chi connectivity index (χ4v) is 6.13. The smallest absolute Gasteiger partial charge is 0.243 e. The number of fused-ring (bicyclic) bond motifs is 1. The molecule has 0 radical (unpaired) electrons. The topological polar surface area (TPSA) is 66.5 Å². The molecule has 1 atom stereocenters. The summed E-state index contributed by atoms with van der Waals surface area (Å²) in [7, 11) is -3.75. The SMILES string of the molecule is O=C(Nc1ccccc1Cl)C1CCCCN1S(=O)(=O)c1ccc2c(c1)CCCC2. The highest BCUT2D eigenvalue weighted by molar-refractivity contribution is 7.89. The zero-order valence-corrected chi connectivity index (χ0v) is 17.8. The third kappa shape index (κ3) is 4.20. The molecule has 1 amide bonds. The van der Waals surface area contributed by atoms with Gasteiger partial charge in [-0.05, 0) is 73.9 Å². The van der Waals surface area contributed by atoms with E-state index in [0.29, 0.717) is 23.7 Å². The van der Waals surface area contributed by atoms with Crippen LogP contribution in [0.2, 0.25) is 5.02 Å². The van der Waals surface area contributed by atoms with Gasteiger partial charge in [-0.3, -0.25) is 4.79 Å². The van der Waals surface area contributed by atoms with Crippen LogP contribution in [0, 0.1) is 0 Å². The summed E-state index contributed by atoms with van der Waals surface area (Å²) in [5.74, 6) is -0.334. The van der Waals surface area contributed by atoms with E-state index in [4.69, 9.17) is 11.6 Å². The van der Waals surface area contributed by atoms with Gasteiger partial charge in [-0.15, -0.1) is 0 Å². The number of hydrogen-bond acceptors (Lipinski definition) is 3. The quantitative estimate of drug-likeness (QED) is 0.778. The van der Waals surface area contributed by atoms with Gasteiger partial charge in [-0.1, -0.05) is 36.2 Å². The number of carbonyl (C=O) groups excluding carboxylic acids is 1. The van der Waals surface area contributed by atoms with Crippen LogP contribution in [0.4, 0.5) is 5.69 Å². The minimum atomic E-state index is -3.75. The molecule has 154 valence electrons. The first kappa shape index (κ1) is 20.4. The van der Waals surface area contributed by atoms with Crippen LogP contribution < -0.4 is 5.32 Å². The number of para-hydroxylation sites is 1. The maximum Gasteiger partial charge on any atom is 0.243 e. The number of nitrogens with one attached hydrogen (secondary N) is 1. The van der Waals surface area contributed by atoms with Crippen LogP contribution in [0.5, 0.6) is 0 Å². The molecule has 1 unspecified atom stereocenters. The molecule has 2 aliphatic rings. The number of sulfonamides is 1. The molecule has 29 heavy (non-hydrogen) atoms. The maximum absolute atomic E-state index is 13.4. The van der Waals surface area contributed by atoms with Crippen LogP contribution >= 0.6 is 11.6 Å². The van der Waals surface area contributed by atoms with E-state index in [2.05, 4.69) is 5.32 Å². The summed E-state index contributed by atoms with van der Waals surface area (Å²) in [4.78, 5) is 13.3. The van der Waals surface area contributed by atoms with Crippen LogP contribution in [-0.2, 0) is 27.7 Å². The van der Waals surface area contributed by atoms with Gasteiger partial charge in [0.05, 0.1) is 15.6 Å². The molecule has 1 heterocycles. The van der Waals surface area contributed by atoms with Crippen molar-refractivity contribution in [2.45, 2.75) is 55.9 Å². The molecule has 1 saturated heterocycles. The zero-order valence-electron chi connectivity index (χ0n) is 16.2. The first-order valence-corrected chi connectivity index (χ1v) is 12.0. The molecular formula is C22H25ClN2O3S. The second-order valence-electron chi connectivity index (χ2n) is 7.73. The molecule has 0 spiro atoms. The molecule has 1 fully saturated rings. The lowest BCUT2D eigenvalue weighted by molar-refractivity contribution is -0.120. The molecule has 1 aliphatic heterocycles. The molecule has 0 saturated carbocycles. The van der Waals surface area contributed by atoms with Crippen molar-refractivity contribution in [1.29, 1.82) is 0 Å². The van der Waals surface area contributed by atoms with Crippen molar-refractivity contribution in [1.82, 2.24) is 4.31 Å². The van der Waals surface area contributed by atoms with Gasteiger partial charge in [-0.25, -0.2) is 8.42 Å². The van der Waals surface area contributed by atoms with Gasteiger partial charge in [0.25, 0.3) is 0 Å². The fraction of sp³-hybridized carbons (Fsp3) is 0.409. The predicted octanol–water partition coefficient (Wildman–Crippen LogP) is 4.40. The monoisotopic (exact) mass is 432 g/mol. The normalized spacial score (nSPS) is 20.1. The Labute approximate surface area is 177 Å². The van der Waals surface area contributed by atoms with Crippen molar-refractivity contribution < 1.29 is 13.2 Å². The number of anilines is 1. The van der Waals surface area contributed by atoms with Gasteiger partial charge in [0.2, 0.25) is 15.9 Å². The molecule has 2 aromatic carbocycles. The van der Waals surface area contributed by atoms with Crippen molar-refractivity contribution in [2.24, 2.45) is 0 Å². The average Bonchev–Trinajstić information content (AvgIpc) is 2.75. The van der Waals surface area contributed by atoms with E-state index in [0.717, 1.165) is 44.1 Å². The third-order valence-corrected chi connectivity index (χ3v) is 8.05. The van der Waals surface area contributed by atoms with E-state index < -0.39 is 16.1 Å². The van der Waals surface area contributed by atoms with E-state index in [1.807, 2.05) is 12.1 Å². The summed E-state index contributed by atoms with van der Waals surface area (Å²) in [6, 6.07) is 11.7. The lowest BCUT2D eigenvalue weighted by Crippen LogP contribution is -2.49. The second-order valence-corrected chi connectivity index (χ2v) is 10.0. The highest BCUT2D eigenvalue weighted by Crippen LogP contribution is 2.30. The Morgan fingerprint density at radius 1 is 1.00 bits per heavy atom. The van der Waals surface area contributed by atoms with Gasteiger partial charge in [-0.2, -0.15) is 4.31 Å². The Kier molecular flexibility index (Phi) is 5.95. The Morgan fingerprint density at radius 3 is 2.55 bits per heavy atom. The summed E-state index contributed by atoms with van der Waals surface area (Å²) in [6.45, 7) is 0.347. The maximum atomic E-state index is 13.4. The average molecular weight is 433 g/mol. The standard InChI is InChI=1S/C22H25ClN2O3S/c23-19-9-3-4-10-20(19)24-22(26)21-11-5-6-14-25(21)29(27,28)18-13-12-16-7-1-2-8-17(16)15-18/h3-4,9-10,12-13,15,21H,1-2,5-8,11,14H2,(H,24,26). The molecule has 7 heteroatoms. The zero-order chi connectivity index (χ0) is 20.4. The molecule has 5 nitrogen and oxygen atoms in total. The summed E-state index contributed by atoms with van der Waals surface area (Å²) in [5, 5.41) is 3.24. The molecule has 0 aromatic heterocycles. The number of rotatable bonds is 4. The molecule has 2 aromatic rings. The van der Waals surface area contributed by atoms with Gasteiger partial charge >= 0.3 is 0 Å². The number of benzene rings is 2. The van der Waals surface area contributed by atoms with Gasteiger partial charge in [0, 0.05) is 6.54 Å². The van der Waals surface area contributed by atoms with Gasteiger partial charge in [0.15, 0.2) is 0 Å². The number of amides is 1. The Hall–Kier alpha value is -1.89. The molecule has 1 aliphatic carbocycles. The van der Waals surface area contributed by atoms with Crippen molar-refractivity contribution in [3.05, 3.63) is 58.6 Å². The Morgan fingerprint density at radius 2 is 1.76 bits per heavy atom. The molecule has 4 rings (SSSR count). The van der Waals surface area contributed by atoms with Crippen LogP contribution in [-0.4, -0.2) is 31.2 Å². The van der Waals surface area contributed by atoms with E-state index in [1.54, 1.807) is 30.3 Å². The van der Waals surface area contributed by atoms with Gasteiger partial charge < -0.3 is 5.32 Å². The number of halogens is 1. The van der Waals surface area contributed by atoms with E-state index in [9.17, 15) is 13.2 Å². The Bertz CT molecular complexity index is 1020. The number of aryl methyl sites for hydroxylation is 2.